The molecule has 1 fully saturated rings. The minimum absolute atomic E-state index is 0.280. The van der Waals surface area contributed by atoms with E-state index in [4.69, 9.17) is 9.47 Å². The van der Waals surface area contributed by atoms with E-state index in [1.807, 2.05) is 35.9 Å². The van der Waals surface area contributed by atoms with Gasteiger partial charge in [-0.15, -0.1) is 5.10 Å². The van der Waals surface area contributed by atoms with E-state index in [0.717, 1.165) is 16.9 Å². The zero-order chi connectivity index (χ0) is 23.8. The van der Waals surface area contributed by atoms with Crippen molar-refractivity contribution in [2.75, 3.05) is 18.6 Å². The molecule has 2 aromatic carbocycles. The van der Waals surface area contributed by atoms with Crippen LogP contribution in [0.1, 0.15) is 5.69 Å². The van der Waals surface area contributed by atoms with Crippen LogP contribution >= 0.6 is 15.9 Å². The molecule has 1 saturated heterocycles. The standard InChI is InChI=1S/C23H20BrFN6O3/c1-14-9-29(13-26-14)21-6-3-15(7-22(21)33-2)20-12-30(28-27-20)10-17-11-31(23(32)34-17)16-4-5-18(24)19(25)8-16/h3-9,12-13,17H,10-11H2,1-2H3/t17-/m0/s1. The van der Waals surface area contributed by atoms with Crippen LogP contribution in [0.25, 0.3) is 16.9 Å². The van der Waals surface area contributed by atoms with Crippen molar-refractivity contribution in [2.45, 2.75) is 19.6 Å². The Kier molecular flexibility index (Phi) is 5.78. The predicted molar refractivity (Wildman–Crippen MR) is 126 cm³/mol. The normalized spacial score (nSPS) is 15.6. The lowest BCUT2D eigenvalue weighted by Gasteiger charge is -2.13. The molecule has 3 heterocycles. The fourth-order valence-electron chi connectivity index (χ4n) is 3.81. The van der Waals surface area contributed by atoms with Crippen molar-refractivity contribution in [1.82, 2.24) is 24.5 Å². The number of methoxy groups -OCH3 is 1. The van der Waals surface area contributed by atoms with Gasteiger partial charge in [0.05, 0.1) is 54.3 Å². The summed E-state index contributed by atoms with van der Waals surface area (Å²) in [5.74, 6) is 0.228. The van der Waals surface area contributed by atoms with Crippen molar-refractivity contribution < 1.29 is 18.7 Å². The molecule has 0 bridgehead atoms. The number of cyclic esters (lactones) is 1. The number of ether oxygens (including phenoxy) is 2. The highest BCUT2D eigenvalue weighted by Gasteiger charge is 2.33. The topological polar surface area (TPSA) is 87.3 Å². The quantitative estimate of drug-likeness (QED) is 0.370. The van der Waals surface area contributed by atoms with E-state index in [9.17, 15) is 9.18 Å². The first-order chi connectivity index (χ1) is 16.4. The Balaban J connectivity index is 1.31. The highest BCUT2D eigenvalue weighted by molar-refractivity contribution is 9.10. The maximum absolute atomic E-state index is 13.9. The number of aryl methyl sites for hydroxylation is 1. The van der Waals surface area contributed by atoms with Gasteiger partial charge in [-0.3, -0.25) is 4.90 Å². The molecule has 0 saturated carbocycles. The van der Waals surface area contributed by atoms with Gasteiger partial charge in [0.15, 0.2) is 0 Å². The van der Waals surface area contributed by atoms with Gasteiger partial charge in [0.2, 0.25) is 0 Å². The summed E-state index contributed by atoms with van der Waals surface area (Å²) in [6.45, 7) is 2.52. The number of anilines is 1. The second-order valence-electron chi connectivity index (χ2n) is 7.85. The summed E-state index contributed by atoms with van der Waals surface area (Å²) >= 11 is 3.12. The maximum atomic E-state index is 13.9. The second-order valence-corrected chi connectivity index (χ2v) is 8.70. The average molecular weight is 527 g/mol. The van der Waals surface area contributed by atoms with Crippen LogP contribution in [0.4, 0.5) is 14.9 Å². The van der Waals surface area contributed by atoms with E-state index in [0.29, 0.717) is 28.1 Å². The van der Waals surface area contributed by atoms with Crippen LogP contribution in [0.2, 0.25) is 0 Å². The summed E-state index contributed by atoms with van der Waals surface area (Å²) in [6.07, 6.45) is 4.46. The van der Waals surface area contributed by atoms with Gasteiger partial charge >= 0.3 is 6.09 Å². The molecule has 0 radical (unpaired) electrons. The Hall–Kier alpha value is -3.73. The Morgan fingerprint density at radius 1 is 1.24 bits per heavy atom. The first-order valence-corrected chi connectivity index (χ1v) is 11.2. The van der Waals surface area contributed by atoms with E-state index < -0.39 is 18.0 Å². The zero-order valence-electron chi connectivity index (χ0n) is 18.4. The summed E-state index contributed by atoms with van der Waals surface area (Å²) in [5, 5.41) is 8.44. The molecule has 5 rings (SSSR count). The lowest BCUT2D eigenvalue weighted by molar-refractivity contribution is 0.129. The number of carbonyl (C=O) groups excluding carboxylic acids is 1. The zero-order valence-corrected chi connectivity index (χ0v) is 19.9. The number of amides is 1. The van der Waals surface area contributed by atoms with Gasteiger partial charge in [0.1, 0.15) is 23.4 Å². The monoisotopic (exact) mass is 526 g/mol. The van der Waals surface area contributed by atoms with Crippen molar-refractivity contribution in [3.8, 4) is 22.7 Å². The molecule has 0 N–H and O–H groups in total. The van der Waals surface area contributed by atoms with E-state index in [1.165, 1.54) is 11.0 Å². The molecule has 1 aliphatic heterocycles. The van der Waals surface area contributed by atoms with Crippen LogP contribution in [-0.2, 0) is 11.3 Å². The summed E-state index contributed by atoms with van der Waals surface area (Å²) in [5.41, 5.74) is 3.70. The molecule has 174 valence electrons. The smallest absolute Gasteiger partial charge is 0.414 e. The number of benzene rings is 2. The van der Waals surface area contributed by atoms with Gasteiger partial charge < -0.3 is 14.0 Å². The summed E-state index contributed by atoms with van der Waals surface area (Å²) < 4.78 is 28.8. The van der Waals surface area contributed by atoms with E-state index in [1.54, 1.807) is 36.4 Å². The van der Waals surface area contributed by atoms with Gasteiger partial charge in [-0.1, -0.05) is 11.3 Å². The minimum Gasteiger partial charge on any atom is -0.495 e. The van der Waals surface area contributed by atoms with Gasteiger partial charge in [-0.2, -0.15) is 0 Å². The lowest BCUT2D eigenvalue weighted by Crippen LogP contribution is -2.26. The third kappa shape index (κ3) is 4.26. The summed E-state index contributed by atoms with van der Waals surface area (Å²) in [4.78, 5) is 18.0. The lowest BCUT2D eigenvalue weighted by atomic mass is 10.1. The third-order valence-electron chi connectivity index (χ3n) is 5.48. The highest BCUT2D eigenvalue weighted by Crippen LogP contribution is 2.30. The van der Waals surface area contributed by atoms with Crippen molar-refractivity contribution in [3.05, 3.63) is 71.1 Å². The molecule has 4 aromatic rings. The van der Waals surface area contributed by atoms with Gasteiger partial charge in [0.25, 0.3) is 0 Å². The molecule has 2 aromatic heterocycles. The number of halogens is 2. The molecule has 1 atom stereocenters. The molecular weight excluding hydrogens is 507 g/mol. The Labute approximate surface area is 202 Å². The van der Waals surface area contributed by atoms with Crippen LogP contribution in [0, 0.1) is 12.7 Å². The SMILES string of the molecule is COc1cc(-c2cn(C[C@H]3CN(c4ccc(Br)c(F)c4)C(=O)O3)nn2)ccc1-n1cnc(C)c1. The van der Waals surface area contributed by atoms with Crippen molar-refractivity contribution in [1.29, 1.82) is 0 Å². The largest absolute Gasteiger partial charge is 0.495 e. The van der Waals surface area contributed by atoms with Gasteiger partial charge in [-0.25, -0.2) is 18.9 Å². The van der Waals surface area contributed by atoms with Crippen LogP contribution in [0.15, 0.2) is 59.6 Å². The van der Waals surface area contributed by atoms with Crippen molar-refractivity contribution in [2.24, 2.45) is 0 Å². The average Bonchev–Trinajstić information content (AvgIpc) is 3.56. The van der Waals surface area contributed by atoms with Gasteiger partial charge in [0, 0.05) is 11.8 Å². The van der Waals surface area contributed by atoms with Crippen LogP contribution < -0.4 is 9.64 Å². The predicted octanol–water partition coefficient (Wildman–Crippen LogP) is 4.37. The van der Waals surface area contributed by atoms with Gasteiger partial charge in [-0.05, 0) is 53.2 Å². The molecule has 34 heavy (non-hydrogen) atoms. The fourth-order valence-corrected chi connectivity index (χ4v) is 4.06. The van der Waals surface area contributed by atoms with Crippen LogP contribution in [0.5, 0.6) is 5.75 Å². The molecule has 1 amide bonds. The number of carbonyl (C=O) groups is 1. The van der Waals surface area contributed by atoms with Crippen LogP contribution in [0.3, 0.4) is 0 Å². The first-order valence-electron chi connectivity index (χ1n) is 10.4. The minimum atomic E-state index is -0.526. The molecule has 0 spiro atoms. The number of rotatable bonds is 6. The number of hydrogen-bond acceptors (Lipinski definition) is 6. The van der Waals surface area contributed by atoms with Crippen molar-refractivity contribution in [3.63, 3.8) is 0 Å². The molecule has 11 heteroatoms. The molecule has 1 aliphatic rings. The Bertz CT molecular complexity index is 1370. The second kappa shape index (κ2) is 8.90. The van der Waals surface area contributed by atoms with E-state index >= 15 is 0 Å². The maximum Gasteiger partial charge on any atom is 0.414 e. The number of imidazole rings is 1. The van der Waals surface area contributed by atoms with E-state index in [2.05, 4.69) is 31.2 Å². The Morgan fingerprint density at radius 3 is 2.82 bits per heavy atom. The third-order valence-corrected chi connectivity index (χ3v) is 6.13. The molecule has 0 unspecified atom stereocenters. The summed E-state index contributed by atoms with van der Waals surface area (Å²) in [6, 6.07) is 10.3. The van der Waals surface area contributed by atoms with E-state index in [-0.39, 0.29) is 6.54 Å². The van der Waals surface area contributed by atoms with Crippen LogP contribution in [-0.4, -0.2) is 50.4 Å². The summed E-state index contributed by atoms with van der Waals surface area (Å²) in [7, 11) is 1.61. The molecular formula is C23H20BrFN6O3. The first kappa shape index (κ1) is 22.1. The number of aromatic nitrogens is 5. The molecule has 9 nitrogen and oxygen atoms in total. The van der Waals surface area contributed by atoms with Crippen molar-refractivity contribution >= 4 is 27.7 Å². The fraction of sp³-hybridized carbons (Fsp3) is 0.217. The highest BCUT2D eigenvalue weighted by atomic mass is 79.9. The Morgan fingerprint density at radius 2 is 2.09 bits per heavy atom. The molecule has 0 aliphatic carbocycles. The number of hydrogen-bond donors (Lipinski definition) is 0. The number of nitrogens with zero attached hydrogens (tertiary/aromatic N) is 6.